The van der Waals surface area contributed by atoms with Crippen LogP contribution in [0.5, 0.6) is 0 Å². The van der Waals surface area contributed by atoms with E-state index in [1.165, 1.54) is 30.8 Å². The summed E-state index contributed by atoms with van der Waals surface area (Å²) in [5, 5.41) is 24.8. The number of carbonyl (C=O) groups excluding carboxylic acids is 8. The van der Waals surface area contributed by atoms with Crippen molar-refractivity contribution in [3.8, 4) is 0 Å². The predicted octanol–water partition coefficient (Wildman–Crippen LogP) is 6.60. The highest BCUT2D eigenvalue weighted by atomic mass is 32.2. The van der Waals surface area contributed by atoms with Gasteiger partial charge < -0.3 is 25.0 Å². The molecule has 0 spiro atoms. The minimum Gasteiger partial charge on any atom is -0.390 e. The van der Waals surface area contributed by atoms with Crippen LogP contribution in [0.2, 0.25) is 0 Å². The molecule has 7 rings (SSSR count). The first-order valence-electron chi connectivity index (χ1n) is 23.6. The molecule has 4 fully saturated rings. The zero-order valence-corrected chi connectivity index (χ0v) is 40.9. The number of ether oxygens (including phenoxy) is 2. The van der Waals surface area contributed by atoms with Crippen LogP contribution in [0.4, 0.5) is 8.78 Å². The summed E-state index contributed by atoms with van der Waals surface area (Å²) in [6.45, 7) is 9.54. The molecule has 0 aromatic heterocycles. The number of rotatable bonds is 18. The van der Waals surface area contributed by atoms with Crippen LogP contribution in [-0.4, -0.2) is 105 Å². The number of alkyl halides is 2. The molecule has 14 atom stereocenters. The third-order valence-corrected chi connectivity index (χ3v) is 16.9. The van der Waals surface area contributed by atoms with Gasteiger partial charge in [0.15, 0.2) is 34.9 Å². The van der Waals surface area contributed by atoms with Crippen LogP contribution >= 0.6 is 11.8 Å². The number of fused-ring (bicyclic) bond motifs is 7. The molecule has 1 aliphatic heterocycles. The van der Waals surface area contributed by atoms with Crippen LogP contribution in [0.3, 0.4) is 0 Å². The van der Waals surface area contributed by atoms with E-state index in [2.05, 4.69) is 5.32 Å². The van der Waals surface area contributed by atoms with Gasteiger partial charge in [-0.1, -0.05) is 75.4 Å². The minimum atomic E-state index is -2.35. The number of carbonyl (C=O) groups is 6. The number of amides is 1. The van der Waals surface area contributed by atoms with E-state index in [1.807, 2.05) is 68.6 Å². The largest absolute Gasteiger partial charge is 0.390 e. The summed E-state index contributed by atoms with van der Waals surface area (Å²) >= 11 is 1.47. The van der Waals surface area contributed by atoms with Gasteiger partial charge in [-0.15, -0.1) is 0 Å². The van der Waals surface area contributed by atoms with Gasteiger partial charge in [0.2, 0.25) is 5.91 Å². The lowest BCUT2D eigenvalue weighted by Crippen LogP contribution is -2.70. The first-order valence-corrected chi connectivity index (χ1v) is 24.9. The molecule has 16 heteroatoms. The van der Waals surface area contributed by atoms with Crippen molar-refractivity contribution in [2.24, 2.45) is 28.6 Å². The van der Waals surface area contributed by atoms with Crippen molar-refractivity contribution in [3.63, 3.8) is 0 Å². The van der Waals surface area contributed by atoms with Gasteiger partial charge in [0.05, 0.1) is 23.5 Å². The SMILES string of the molecule is CSC(C)C(=O)CCCC(=O)C[C@@H](C)C(=O)N[C@@H](C)C(=O)Cc1cccc([C@@H](C)c2ccc([C@@H]3O[C@@H]4C[C@H]5[C@@H]6C[C@H](F)C7=CC(=O)C=C[C@]7(C)[C@@]6(F)[C@@H](O)C[C@]5(C)[C@]4(C(=O)CO)O3)cc2)c1.O=C=O. The number of halogens is 2. The number of aliphatic hydroxyl groups excluding tert-OH is 2. The molecular weight excluding hydrogens is 913 g/mol. The summed E-state index contributed by atoms with van der Waals surface area (Å²) < 4.78 is 47.0. The van der Waals surface area contributed by atoms with E-state index in [4.69, 9.17) is 19.1 Å². The Morgan fingerprint density at radius 3 is 2.29 bits per heavy atom. The third kappa shape index (κ3) is 9.82. The molecule has 0 radical (unpaired) electrons. The van der Waals surface area contributed by atoms with E-state index in [9.17, 15) is 39.0 Å². The number of benzene rings is 2. The van der Waals surface area contributed by atoms with Crippen LogP contribution in [0, 0.1) is 28.6 Å². The van der Waals surface area contributed by atoms with Gasteiger partial charge in [0.1, 0.15) is 24.3 Å². The Balaban J connectivity index is 0.00000254. The number of nitrogens with one attached hydrogen (secondary N) is 1. The fourth-order valence-electron chi connectivity index (χ4n) is 11.9. The number of thioether (sulfide) groups is 1. The fraction of sp³-hybridized carbons (Fsp3) is 0.566. The second kappa shape index (κ2) is 21.3. The van der Waals surface area contributed by atoms with Crippen LogP contribution in [0.15, 0.2) is 72.3 Å². The molecule has 3 saturated carbocycles. The Morgan fingerprint density at radius 1 is 0.957 bits per heavy atom. The topological polar surface area (TPSA) is 208 Å². The van der Waals surface area contributed by atoms with Crippen LogP contribution in [0.25, 0.3) is 0 Å². The first-order chi connectivity index (χ1) is 32.6. The van der Waals surface area contributed by atoms with Crippen LogP contribution < -0.4 is 5.32 Å². The van der Waals surface area contributed by atoms with Gasteiger partial charge >= 0.3 is 6.15 Å². The zero-order valence-electron chi connectivity index (χ0n) is 40.1. The molecule has 1 heterocycles. The predicted molar refractivity (Wildman–Crippen MR) is 250 cm³/mol. The lowest BCUT2D eigenvalue weighted by atomic mass is 9.44. The number of ketones is 5. The van der Waals surface area contributed by atoms with Gasteiger partial charge in [-0.25, -0.2) is 8.78 Å². The summed E-state index contributed by atoms with van der Waals surface area (Å²) in [5.41, 5.74) is -3.66. The third-order valence-electron chi connectivity index (χ3n) is 16.0. The molecular formula is C53H63F2NO12S. The van der Waals surface area contributed by atoms with Crippen molar-refractivity contribution in [3.05, 3.63) is 94.6 Å². The van der Waals surface area contributed by atoms with Gasteiger partial charge in [0, 0.05) is 59.8 Å². The maximum absolute atomic E-state index is 17.8. The number of hydrogen-bond donors (Lipinski definition) is 3. The highest BCUT2D eigenvalue weighted by Crippen LogP contribution is 2.72. The second-order valence-corrected chi connectivity index (χ2v) is 21.1. The van der Waals surface area contributed by atoms with Crippen molar-refractivity contribution >= 4 is 52.7 Å². The zero-order chi connectivity index (χ0) is 50.8. The molecule has 1 unspecified atom stereocenters. The molecule has 2 aromatic carbocycles. The van der Waals surface area contributed by atoms with Gasteiger partial charge in [-0.2, -0.15) is 21.4 Å². The Labute approximate surface area is 405 Å². The quantitative estimate of drug-likeness (QED) is 0.144. The monoisotopic (exact) mass is 975 g/mol. The average molecular weight is 976 g/mol. The maximum Gasteiger partial charge on any atom is 0.373 e. The number of Topliss-reactive ketones (excluding diaryl/α,β-unsaturated/α-hetero) is 4. The Kier molecular flexibility index (Phi) is 16.5. The highest BCUT2D eigenvalue weighted by molar-refractivity contribution is 7.99. The van der Waals surface area contributed by atoms with Gasteiger partial charge in [0.25, 0.3) is 0 Å². The molecule has 1 saturated heterocycles. The van der Waals surface area contributed by atoms with E-state index in [0.717, 1.165) is 22.8 Å². The summed E-state index contributed by atoms with van der Waals surface area (Å²) in [6, 6.07) is 14.4. The Hall–Kier alpha value is -4.83. The molecule has 1 amide bonds. The van der Waals surface area contributed by atoms with Crippen LogP contribution in [0.1, 0.15) is 121 Å². The van der Waals surface area contributed by atoms with Crippen molar-refractivity contribution in [2.45, 2.75) is 146 Å². The molecule has 4 aliphatic carbocycles. The standard InChI is InChI=1S/C52H63F2NO10S.CO2/c1-28(20-36(57)12-9-13-42(59)31(4)66-7)47(63)55-30(3)43(60)22-32-10-8-11-35(21-32)29(2)33-14-16-34(17-15-33)48-64-46-25-38-39-24-41(53)40-23-37(58)18-19-49(40,5)51(39,54)44(61)26-50(38,6)52(46,65-48)45(62)27-56;2-1-3/h8,10-11,14-19,21,23,28-31,38-39,41,44,46,48,56,61H,9,12-13,20,22,24-27H2,1-7H3,(H,55,63);/t28-,29+,30+,31?,38+,39+,41+,44+,46-,48-,49+,50+,51+,52-;/m1./s1. The minimum absolute atomic E-state index is 0.00793. The molecule has 3 N–H and O–H groups in total. The molecule has 372 valence electrons. The van der Waals surface area contributed by atoms with E-state index in [-0.39, 0.29) is 84.7 Å². The van der Waals surface area contributed by atoms with E-state index < -0.39 is 88.7 Å². The van der Waals surface area contributed by atoms with Crippen molar-refractivity contribution in [2.75, 3.05) is 12.9 Å². The molecule has 2 aromatic rings. The average Bonchev–Trinajstić information content (AvgIpc) is 3.82. The molecule has 5 aliphatic rings. The van der Waals surface area contributed by atoms with E-state index >= 15 is 8.78 Å². The fourth-order valence-corrected chi connectivity index (χ4v) is 12.3. The van der Waals surface area contributed by atoms with Crippen molar-refractivity contribution in [1.29, 1.82) is 0 Å². The molecule has 69 heavy (non-hydrogen) atoms. The molecule has 0 bridgehead atoms. The van der Waals surface area contributed by atoms with E-state index in [0.29, 0.717) is 18.4 Å². The van der Waals surface area contributed by atoms with Gasteiger partial charge in [-0.3, -0.25) is 28.8 Å². The second-order valence-electron chi connectivity index (χ2n) is 19.9. The Bertz CT molecular complexity index is 2420. The number of hydrogen-bond acceptors (Lipinski definition) is 13. The van der Waals surface area contributed by atoms with Crippen LogP contribution in [-0.2, 0) is 54.3 Å². The van der Waals surface area contributed by atoms with Crippen molar-refractivity contribution < 1.29 is 66.8 Å². The highest BCUT2D eigenvalue weighted by Gasteiger charge is 2.80. The van der Waals surface area contributed by atoms with Crippen molar-refractivity contribution in [1.82, 2.24) is 5.32 Å². The van der Waals surface area contributed by atoms with Gasteiger partial charge in [-0.05, 0) is 93.0 Å². The Morgan fingerprint density at radius 2 is 1.64 bits per heavy atom. The first kappa shape index (κ1) is 53.5. The normalized spacial score (nSPS) is 32.5. The lowest BCUT2D eigenvalue weighted by molar-refractivity contribution is -0.235. The summed E-state index contributed by atoms with van der Waals surface area (Å²) in [7, 11) is 0. The number of allylic oxidation sites excluding steroid dienone is 4. The van der Waals surface area contributed by atoms with E-state index in [1.54, 1.807) is 20.8 Å². The smallest absolute Gasteiger partial charge is 0.373 e. The maximum atomic E-state index is 17.8. The molecule has 13 nitrogen and oxygen atoms in total. The number of aliphatic hydroxyl groups is 2. The lowest BCUT2D eigenvalue weighted by Gasteiger charge is -2.63. The summed E-state index contributed by atoms with van der Waals surface area (Å²) in [6.07, 6.45) is 1.33. The summed E-state index contributed by atoms with van der Waals surface area (Å²) in [5.74, 6) is -4.10. The summed E-state index contributed by atoms with van der Waals surface area (Å²) in [4.78, 5) is 93.3.